The average molecular weight is 344 g/mol. The molecule has 0 unspecified atom stereocenters. The zero-order valence-electron chi connectivity index (χ0n) is 15.5. The standard InChI is InChI=1S/C17H25BN4O3/c1-11-10-21(16(24)25-17(2,3)4)8-9-22(11)13-7-6-12(15(23)19-5)20-14(13)18/h6-7,11H,8-10H2,1-5H3,(H,19,23)/t11-/m1/s1. The van der Waals surface area contributed by atoms with E-state index < -0.39 is 5.60 Å². The normalized spacial score (nSPS) is 18.0. The lowest BCUT2D eigenvalue weighted by atomic mass is 9.98. The summed E-state index contributed by atoms with van der Waals surface area (Å²) in [6.45, 7) is 9.26. The van der Waals surface area contributed by atoms with Gasteiger partial charge in [0, 0.05) is 44.0 Å². The second kappa shape index (κ2) is 7.33. The van der Waals surface area contributed by atoms with Crippen molar-refractivity contribution in [1.82, 2.24) is 15.2 Å². The van der Waals surface area contributed by atoms with Crippen LogP contribution in [0.4, 0.5) is 10.5 Å². The SMILES string of the molecule is [B]c1nc(C(=O)NC)ccc1N1CCN(C(=O)OC(C)(C)C)C[C@H]1C. The zero-order chi connectivity index (χ0) is 18.8. The van der Waals surface area contributed by atoms with Crippen molar-refractivity contribution in [3.05, 3.63) is 17.8 Å². The number of carbonyl (C=O) groups excluding carboxylic acids is 2. The average Bonchev–Trinajstić information content (AvgIpc) is 2.52. The van der Waals surface area contributed by atoms with Crippen LogP contribution in [0.2, 0.25) is 0 Å². The van der Waals surface area contributed by atoms with Crippen LogP contribution in [0.1, 0.15) is 38.2 Å². The molecule has 1 atom stereocenters. The molecule has 0 bridgehead atoms. The van der Waals surface area contributed by atoms with E-state index in [1.54, 1.807) is 24.1 Å². The number of aromatic nitrogens is 1. The second-order valence-corrected chi connectivity index (χ2v) is 7.15. The lowest BCUT2D eigenvalue weighted by Gasteiger charge is -2.42. The van der Waals surface area contributed by atoms with Gasteiger partial charge in [0.25, 0.3) is 5.91 Å². The highest BCUT2D eigenvalue weighted by Gasteiger charge is 2.30. The molecule has 2 rings (SSSR count). The molecule has 1 fully saturated rings. The van der Waals surface area contributed by atoms with Crippen LogP contribution in [0.25, 0.3) is 0 Å². The van der Waals surface area contributed by atoms with Crippen molar-refractivity contribution in [1.29, 1.82) is 0 Å². The predicted octanol–water partition coefficient (Wildman–Crippen LogP) is 0.681. The summed E-state index contributed by atoms with van der Waals surface area (Å²) in [5.41, 5.74) is 0.841. The van der Waals surface area contributed by atoms with Crippen LogP contribution in [0.15, 0.2) is 12.1 Å². The van der Waals surface area contributed by atoms with Crippen molar-refractivity contribution in [2.24, 2.45) is 0 Å². The third-order valence-corrected chi connectivity index (χ3v) is 3.95. The topological polar surface area (TPSA) is 74.8 Å². The van der Waals surface area contributed by atoms with E-state index in [-0.39, 0.29) is 23.7 Å². The van der Waals surface area contributed by atoms with Crippen molar-refractivity contribution in [3.8, 4) is 0 Å². The number of anilines is 1. The van der Waals surface area contributed by atoms with Gasteiger partial charge in [0.15, 0.2) is 0 Å². The first-order valence-electron chi connectivity index (χ1n) is 8.35. The summed E-state index contributed by atoms with van der Waals surface area (Å²) in [7, 11) is 7.59. The maximum Gasteiger partial charge on any atom is 0.410 e. The molecule has 0 aromatic carbocycles. The lowest BCUT2D eigenvalue weighted by molar-refractivity contribution is 0.0219. The number of pyridine rings is 1. The van der Waals surface area contributed by atoms with Gasteiger partial charge in [0.1, 0.15) is 19.1 Å². The van der Waals surface area contributed by atoms with Crippen LogP contribution < -0.4 is 15.8 Å². The maximum absolute atomic E-state index is 12.2. The van der Waals surface area contributed by atoms with E-state index in [4.69, 9.17) is 12.6 Å². The third kappa shape index (κ3) is 4.64. The zero-order valence-corrected chi connectivity index (χ0v) is 15.5. The molecule has 134 valence electrons. The summed E-state index contributed by atoms with van der Waals surface area (Å²) in [6.07, 6.45) is -0.305. The van der Waals surface area contributed by atoms with Crippen LogP contribution in [-0.2, 0) is 4.74 Å². The van der Waals surface area contributed by atoms with Gasteiger partial charge < -0.3 is 19.9 Å². The van der Waals surface area contributed by atoms with Crippen LogP contribution in [0, 0.1) is 0 Å². The molecule has 1 N–H and O–H groups in total. The molecule has 1 aromatic rings. The summed E-state index contributed by atoms with van der Waals surface area (Å²) < 4.78 is 5.43. The lowest BCUT2D eigenvalue weighted by Crippen LogP contribution is -2.55. The molecule has 2 radical (unpaired) electrons. The molecule has 0 saturated carbocycles. The monoisotopic (exact) mass is 344 g/mol. The summed E-state index contributed by atoms with van der Waals surface area (Å²) in [6, 6.07) is 3.50. The Bertz CT molecular complexity index is 660. The fourth-order valence-corrected chi connectivity index (χ4v) is 2.77. The van der Waals surface area contributed by atoms with Gasteiger partial charge in [0.2, 0.25) is 0 Å². The fourth-order valence-electron chi connectivity index (χ4n) is 2.77. The number of nitrogens with one attached hydrogen (secondary N) is 1. The Hall–Kier alpha value is -2.25. The predicted molar refractivity (Wildman–Crippen MR) is 97.6 cm³/mol. The van der Waals surface area contributed by atoms with Crippen LogP contribution in [-0.4, -0.2) is 68.1 Å². The summed E-state index contributed by atoms with van der Waals surface area (Å²) >= 11 is 0. The van der Waals surface area contributed by atoms with Crippen molar-refractivity contribution in [2.75, 3.05) is 31.6 Å². The molecule has 0 spiro atoms. The van der Waals surface area contributed by atoms with Gasteiger partial charge in [-0.05, 0) is 39.8 Å². The molecule has 0 aliphatic carbocycles. The van der Waals surface area contributed by atoms with Crippen molar-refractivity contribution in [3.63, 3.8) is 0 Å². The first-order chi connectivity index (χ1) is 11.6. The summed E-state index contributed by atoms with van der Waals surface area (Å²) in [4.78, 5) is 31.8. The minimum atomic E-state index is -0.512. The molecule has 1 saturated heterocycles. The van der Waals surface area contributed by atoms with Crippen LogP contribution in [0.3, 0.4) is 0 Å². The van der Waals surface area contributed by atoms with E-state index in [2.05, 4.69) is 15.2 Å². The molecule has 7 nitrogen and oxygen atoms in total. The molecule has 2 heterocycles. The molecule has 2 amide bonds. The third-order valence-electron chi connectivity index (χ3n) is 3.95. The van der Waals surface area contributed by atoms with Crippen molar-refractivity contribution >= 4 is 31.1 Å². The van der Waals surface area contributed by atoms with Crippen LogP contribution >= 0.6 is 0 Å². The van der Waals surface area contributed by atoms with Gasteiger partial charge in [-0.3, -0.25) is 9.78 Å². The van der Waals surface area contributed by atoms with Crippen molar-refractivity contribution < 1.29 is 14.3 Å². The number of hydrogen-bond donors (Lipinski definition) is 1. The highest BCUT2D eigenvalue weighted by atomic mass is 16.6. The van der Waals surface area contributed by atoms with E-state index in [1.165, 1.54) is 0 Å². The number of amides is 2. The van der Waals surface area contributed by atoms with E-state index in [0.717, 1.165) is 5.69 Å². The molecular formula is C17H25BN4O3. The number of carbonyl (C=O) groups is 2. The molecular weight excluding hydrogens is 319 g/mol. The van der Waals surface area contributed by atoms with Gasteiger partial charge in [-0.15, -0.1) is 0 Å². The number of nitrogens with zero attached hydrogens (tertiary/aromatic N) is 3. The van der Waals surface area contributed by atoms with Gasteiger partial charge in [-0.2, -0.15) is 0 Å². The highest BCUT2D eigenvalue weighted by Crippen LogP contribution is 2.20. The minimum Gasteiger partial charge on any atom is -0.444 e. The van der Waals surface area contributed by atoms with Crippen LogP contribution in [0.5, 0.6) is 0 Å². The van der Waals surface area contributed by atoms with Gasteiger partial charge in [0.05, 0.1) is 0 Å². The minimum absolute atomic E-state index is 0.0521. The summed E-state index contributed by atoms with van der Waals surface area (Å²) in [5.74, 6) is -0.277. The largest absolute Gasteiger partial charge is 0.444 e. The van der Waals surface area contributed by atoms with E-state index in [0.29, 0.717) is 25.2 Å². The molecule has 1 aliphatic heterocycles. The fraction of sp³-hybridized carbons (Fsp3) is 0.588. The molecule has 25 heavy (non-hydrogen) atoms. The Balaban J connectivity index is 2.09. The first-order valence-corrected chi connectivity index (χ1v) is 8.35. The highest BCUT2D eigenvalue weighted by molar-refractivity contribution is 6.34. The van der Waals surface area contributed by atoms with Gasteiger partial charge in [-0.25, -0.2) is 4.79 Å². The van der Waals surface area contributed by atoms with E-state index >= 15 is 0 Å². The second-order valence-electron chi connectivity index (χ2n) is 7.15. The van der Waals surface area contributed by atoms with Crippen molar-refractivity contribution in [2.45, 2.75) is 39.3 Å². The van der Waals surface area contributed by atoms with Gasteiger partial charge >= 0.3 is 6.09 Å². The summed E-state index contributed by atoms with van der Waals surface area (Å²) in [5, 5.41) is 2.52. The number of hydrogen-bond acceptors (Lipinski definition) is 5. The van der Waals surface area contributed by atoms with E-state index in [9.17, 15) is 9.59 Å². The molecule has 1 aromatic heterocycles. The maximum atomic E-state index is 12.2. The number of rotatable bonds is 2. The Kier molecular flexibility index (Phi) is 5.60. The Morgan fingerprint density at radius 2 is 2.00 bits per heavy atom. The molecule has 1 aliphatic rings. The Labute approximate surface area is 150 Å². The van der Waals surface area contributed by atoms with Gasteiger partial charge in [-0.1, -0.05) is 0 Å². The first kappa shape index (κ1) is 19.1. The smallest absolute Gasteiger partial charge is 0.410 e. The Morgan fingerprint density at radius 3 is 2.52 bits per heavy atom. The van der Waals surface area contributed by atoms with E-state index in [1.807, 2.05) is 27.7 Å². The Morgan fingerprint density at radius 1 is 1.32 bits per heavy atom. The number of ether oxygens (including phenoxy) is 1. The molecule has 8 heteroatoms. The quantitative estimate of drug-likeness (QED) is 0.799. The number of piperazine rings is 1.